The van der Waals surface area contributed by atoms with Gasteiger partial charge in [-0.1, -0.05) is 0 Å². The van der Waals surface area contributed by atoms with Crippen molar-refractivity contribution in [3.8, 4) is 5.75 Å². The second-order valence-electron chi connectivity index (χ2n) is 6.78. The third-order valence-corrected chi connectivity index (χ3v) is 6.11. The van der Waals surface area contributed by atoms with Crippen LogP contribution < -0.4 is 10.5 Å². The van der Waals surface area contributed by atoms with Gasteiger partial charge in [-0.2, -0.15) is 5.10 Å². The zero-order valence-corrected chi connectivity index (χ0v) is 14.6. The van der Waals surface area contributed by atoms with E-state index in [0.717, 1.165) is 34.0 Å². The molecule has 0 aliphatic heterocycles. The van der Waals surface area contributed by atoms with Crippen molar-refractivity contribution in [1.82, 2.24) is 9.78 Å². The molecule has 122 valence electrons. The number of carbonyl (C=O) groups excluding carboxylic acids is 1. The summed E-state index contributed by atoms with van der Waals surface area (Å²) in [6.07, 6.45) is 6.08. The van der Waals surface area contributed by atoms with Crippen molar-refractivity contribution in [3.05, 3.63) is 22.8 Å². The summed E-state index contributed by atoms with van der Waals surface area (Å²) in [7, 11) is 1.66. The minimum Gasteiger partial charge on any atom is -0.495 e. The third-order valence-electron chi connectivity index (χ3n) is 5.49. The maximum absolute atomic E-state index is 11.1. The van der Waals surface area contributed by atoms with Crippen LogP contribution >= 0.6 is 15.9 Å². The van der Waals surface area contributed by atoms with Crippen molar-refractivity contribution in [3.63, 3.8) is 0 Å². The SMILES string of the molecule is COc1cc2nn([C@H]3CC[C@H]4C(CC(N)=O)C4C3)cc2cc1Br. The average Bonchev–Trinajstić information content (AvgIpc) is 3.02. The smallest absolute Gasteiger partial charge is 0.217 e. The highest BCUT2D eigenvalue weighted by Gasteiger charge is 2.53. The number of hydrogen-bond acceptors (Lipinski definition) is 3. The first kappa shape index (κ1) is 15.0. The van der Waals surface area contributed by atoms with Gasteiger partial charge in [0.15, 0.2) is 0 Å². The van der Waals surface area contributed by atoms with Crippen molar-refractivity contribution in [1.29, 1.82) is 0 Å². The van der Waals surface area contributed by atoms with Gasteiger partial charge in [-0.05, 0) is 59.0 Å². The van der Waals surface area contributed by atoms with E-state index >= 15 is 0 Å². The summed E-state index contributed by atoms with van der Waals surface area (Å²) in [4.78, 5) is 11.1. The highest BCUT2D eigenvalue weighted by atomic mass is 79.9. The van der Waals surface area contributed by atoms with E-state index in [1.165, 1.54) is 6.42 Å². The zero-order valence-electron chi connectivity index (χ0n) is 13.0. The van der Waals surface area contributed by atoms with Gasteiger partial charge in [0.2, 0.25) is 5.91 Å². The number of nitrogens with zero attached hydrogens (tertiary/aromatic N) is 2. The van der Waals surface area contributed by atoms with E-state index in [0.29, 0.717) is 30.2 Å². The molecule has 2 unspecified atom stereocenters. The lowest BCUT2D eigenvalue weighted by molar-refractivity contribution is -0.118. The maximum atomic E-state index is 11.1. The molecule has 2 aliphatic carbocycles. The molecule has 5 nitrogen and oxygen atoms in total. The first-order valence-electron chi connectivity index (χ1n) is 8.07. The van der Waals surface area contributed by atoms with E-state index in [9.17, 15) is 4.79 Å². The van der Waals surface area contributed by atoms with E-state index in [1.54, 1.807) is 7.11 Å². The summed E-state index contributed by atoms with van der Waals surface area (Å²) in [5.41, 5.74) is 6.31. The fraction of sp³-hybridized carbons (Fsp3) is 0.529. The highest BCUT2D eigenvalue weighted by Crippen LogP contribution is 2.59. The number of halogens is 1. The predicted octanol–water partition coefficient (Wildman–Crippen LogP) is 3.27. The van der Waals surface area contributed by atoms with Crippen LogP contribution in [0.15, 0.2) is 22.8 Å². The number of benzene rings is 1. The normalized spacial score (nSPS) is 29.3. The lowest BCUT2D eigenvalue weighted by atomic mass is 9.96. The van der Waals surface area contributed by atoms with Crippen LogP contribution in [0, 0.1) is 17.8 Å². The van der Waals surface area contributed by atoms with Crippen molar-refractivity contribution in [2.75, 3.05) is 7.11 Å². The Labute approximate surface area is 143 Å². The molecule has 0 saturated heterocycles. The first-order chi connectivity index (χ1) is 11.1. The van der Waals surface area contributed by atoms with Crippen LogP contribution in [0.1, 0.15) is 31.7 Å². The largest absolute Gasteiger partial charge is 0.495 e. The topological polar surface area (TPSA) is 70.1 Å². The van der Waals surface area contributed by atoms with Crippen LogP contribution in [0.5, 0.6) is 5.75 Å². The summed E-state index contributed by atoms with van der Waals surface area (Å²) in [5.74, 6) is 2.50. The molecule has 2 saturated carbocycles. The van der Waals surface area contributed by atoms with Gasteiger partial charge in [-0.15, -0.1) is 0 Å². The van der Waals surface area contributed by atoms with Crippen molar-refractivity contribution in [2.24, 2.45) is 23.5 Å². The number of amides is 1. The summed E-state index contributed by atoms with van der Waals surface area (Å²) >= 11 is 3.52. The van der Waals surface area contributed by atoms with Crippen LogP contribution in [-0.4, -0.2) is 22.8 Å². The third kappa shape index (κ3) is 2.63. The monoisotopic (exact) mass is 377 g/mol. The van der Waals surface area contributed by atoms with Crippen LogP contribution in [0.3, 0.4) is 0 Å². The van der Waals surface area contributed by atoms with Crippen molar-refractivity contribution in [2.45, 2.75) is 31.7 Å². The van der Waals surface area contributed by atoms with Crippen LogP contribution in [0.2, 0.25) is 0 Å². The van der Waals surface area contributed by atoms with Gasteiger partial charge in [0, 0.05) is 24.1 Å². The fourth-order valence-corrected chi connectivity index (χ4v) is 4.80. The number of primary amides is 1. The van der Waals surface area contributed by atoms with Gasteiger partial charge in [-0.3, -0.25) is 9.48 Å². The Morgan fingerprint density at radius 2 is 2.26 bits per heavy atom. The second kappa shape index (κ2) is 5.51. The molecule has 2 aromatic rings. The van der Waals surface area contributed by atoms with Crippen molar-refractivity contribution >= 4 is 32.7 Å². The second-order valence-corrected chi connectivity index (χ2v) is 7.64. The molecule has 1 amide bonds. The molecule has 6 heteroatoms. The average molecular weight is 378 g/mol. The number of hydrogen-bond donors (Lipinski definition) is 1. The van der Waals surface area contributed by atoms with Crippen LogP contribution in [0.25, 0.3) is 10.9 Å². The number of fused-ring (bicyclic) bond motifs is 2. The summed E-state index contributed by atoms with van der Waals surface area (Å²) in [5, 5.41) is 5.86. The Morgan fingerprint density at radius 3 is 3.00 bits per heavy atom. The summed E-state index contributed by atoms with van der Waals surface area (Å²) < 4.78 is 8.39. The maximum Gasteiger partial charge on any atom is 0.217 e. The standard InChI is InChI=1S/C17H20BrN3O2/c1-23-16-7-15-9(4-14(16)18)8-21(20-15)10-2-3-11-12(5-10)13(11)6-17(19)22/h4,7-8,10-13H,2-3,5-6H2,1H3,(H2,19,22)/t10-,11+,12?,13?/m0/s1. The predicted molar refractivity (Wildman–Crippen MR) is 91.2 cm³/mol. The molecule has 4 rings (SSSR count). The number of carbonyl (C=O) groups is 1. The number of methoxy groups -OCH3 is 1. The zero-order chi connectivity index (χ0) is 16.1. The first-order valence-corrected chi connectivity index (χ1v) is 8.87. The lowest BCUT2D eigenvalue weighted by Crippen LogP contribution is -2.14. The molecule has 1 heterocycles. The minimum absolute atomic E-state index is 0.164. The molecule has 2 aliphatic rings. The van der Waals surface area contributed by atoms with Crippen molar-refractivity contribution < 1.29 is 9.53 Å². The molecule has 4 atom stereocenters. The summed E-state index contributed by atoms with van der Waals surface area (Å²) in [6.45, 7) is 0. The van der Waals surface area contributed by atoms with E-state index < -0.39 is 0 Å². The van der Waals surface area contributed by atoms with E-state index in [4.69, 9.17) is 15.6 Å². The molecule has 23 heavy (non-hydrogen) atoms. The van der Waals surface area contributed by atoms with Gasteiger partial charge in [0.25, 0.3) is 0 Å². The Kier molecular flexibility index (Phi) is 3.59. The Morgan fingerprint density at radius 1 is 1.43 bits per heavy atom. The van der Waals surface area contributed by atoms with Gasteiger partial charge >= 0.3 is 0 Å². The van der Waals surface area contributed by atoms with Crippen LogP contribution in [-0.2, 0) is 4.79 Å². The van der Waals surface area contributed by atoms with Gasteiger partial charge < -0.3 is 10.5 Å². The number of rotatable bonds is 4. The number of nitrogens with two attached hydrogens (primary N) is 1. The molecular formula is C17H20BrN3O2. The van der Waals surface area contributed by atoms with Crippen LogP contribution in [0.4, 0.5) is 0 Å². The quantitative estimate of drug-likeness (QED) is 0.888. The Hall–Kier alpha value is -1.56. The molecular weight excluding hydrogens is 358 g/mol. The molecule has 0 radical (unpaired) electrons. The number of aromatic nitrogens is 2. The lowest BCUT2D eigenvalue weighted by Gasteiger charge is -2.21. The highest BCUT2D eigenvalue weighted by molar-refractivity contribution is 9.10. The molecule has 2 N–H and O–H groups in total. The van der Waals surface area contributed by atoms with E-state index in [2.05, 4.69) is 32.9 Å². The van der Waals surface area contributed by atoms with Gasteiger partial charge in [0.1, 0.15) is 5.75 Å². The van der Waals surface area contributed by atoms with Gasteiger partial charge in [0.05, 0.1) is 23.1 Å². The molecule has 0 bridgehead atoms. The Balaban J connectivity index is 1.55. The molecule has 2 fully saturated rings. The molecule has 1 aromatic carbocycles. The minimum atomic E-state index is -0.164. The van der Waals surface area contributed by atoms with E-state index in [1.807, 2.05) is 6.07 Å². The molecule has 1 aromatic heterocycles. The number of ether oxygens (including phenoxy) is 1. The van der Waals surface area contributed by atoms with E-state index in [-0.39, 0.29) is 5.91 Å². The summed E-state index contributed by atoms with van der Waals surface area (Å²) in [6, 6.07) is 4.44. The van der Waals surface area contributed by atoms with Gasteiger partial charge in [-0.25, -0.2) is 0 Å². The molecule has 0 spiro atoms. The Bertz CT molecular complexity index is 773. The fourth-order valence-electron chi connectivity index (χ4n) is 4.28.